The third-order valence-corrected chi connectivity index (χ3v) is 3.53. The second-order valence-corrected chi connectivity index (χ2v) is 5.22. The van der Waals surface area contributed by atoms with Gasteiger partial charge >= 0.3 is 0 Å². The van der Waals surface area contributed by atoms with Gasteiger partial charge in [-0.3, -0.25) is 4.79 Å². The molecule has 0 saturated carbocycles. The van der Waals surface area contributed by atoms with Gasteiger partial charge < -0.3 is 10.1 Å². The molecule has 6 heteroatoms. The molecule has 0 aliphatic heterocycles. The minimum atomic E-state index is -0.317. The van der Waals surface area contributed by atoms with E-state index in [9.17, 15) is 4.79 Å². The molecule has 110 valence electrons. The molecule has 0 spiro atoms. The van der Waals surface area contributed by atoms with Gasteiger partial charge in [0, 0.05) is 11.8 Å². The number of benzene rings is 1. The molecule has 0 bridgehead atoms. The van der Waals surface area contributed by atoms with Crippen molar-refractivity contribution in [2.45, 2.75) is 13.0 Å². The van der Waals surface area contributed by atoms with Crippen LogP contribution in [0.5, 0.6) is 5.75 Å². The lowest BCUT2D eigenvalue weighted by Gasteiger charge is -2.17. The van der Waals surface area contributed by atoms with E-state index in [1.54, 1.807) is 7.11 Å². The Morgan fingerprint density at radius 3 is 2.76 bits per heavy atom. The summed E-state index contributed by atoms with van der Waals surface area (Å²) in [5.74, 6) is 0.395. The number of rotatable bonds is 4. The number of carbonyl (C=O) groups excluding carboxylic acids is 1. The van der Waals surface area contributed by atoms with E-state index in [-0.39, 0.29) is 22.1 Å². The monoisotopic (exact) mass is 324 g/mol. The molecule has 0 fully saturated rings. The maximum atomic E-state index is 12.3. The Bertz CT molecular complexity index is 662. The van der Waals surface area contributed by atoms with Crippen molar-refractivity contribution >= 4 is 29.1 Å². The van der Waals surface area contributed by atoms with Crippen LogP contribution in [-0.4, -0.2) is 18.0 Å². The molecule has 0 saturated heterocycles. The van der Waals surface area contributed by atoms with Crippen molar-refractivity contribution in [3.8, 4) is 5.75 Å². The van der Waals surface area contributed by atoms with E-state index in [0.29, 0.717) is 11.3 Å². The van der Waals surface area contributed by atoms with Crippen molar-refractivity contribution in [3.63, 3.8) is 0 Å². The van der Waals surface area contributed by atoms with E-state index < -0.39 is 0 Å². The van der Waals surface area contributed by atoms with E-state index in [0.717, 1.165) is 5.56 Å². The zero-order chi connectivity index (χ0) is 15.4. The van der Waals surface area contributed by atoms with Crippen LogP contribution in [0.3, 0.4) is 0 Å². The van der Waals surface area contributed by atoms with Crippen molar-refractivity contribution in [3.05, 3.63) is 57.8 Å². The van der Waals surface area contributed by atoms with E-state index in [2.05, 4.69) is 10.3 Å². The third-order valence-electron chi connectivity index (χ3n) is 3.02. The number of para-hydroxylation sites is 1. The largest absolute Gasteiger partial charge is 0.496 e. The Morgan fingerprint density at radius 2 is 2.05 bits per heavy atom. The first-order valence-electron chi connectivity index (χ1n) is 6.27. The minimum absolute atomic E-state index is 0.217. The molecule has 4 nitrogen and oxygen atoms in total. The fourth-order valence-corrected chi connectivity index (χ4v) is 2.31. The molecule has 1 unspecified atom stereocenters. The van der Waals surface area contributed by atoms with Gasteiger partial charge in [-0.1, -0.05) is 41.4 Å². The molecular formula is C15H14Cl2N2O2. The summed E-state index contributed by atoms with van der Waals surface area (Å²) in [6.45, 7) is 1.87. The van der Waals surface area contributed by atoms with Crippen LogP contribution in [-0.2, 0) is 0 Å². The van der Waals surface area contributed by atoms with E-state index in [1.807, 2.05) is 31.2 Å². The fraction of sp³-hybridized carbons (Fsp3) is 0.200. The number of halogens is 2. The van der Waals surface area contributed by atoms with Crippen molar-refractivity contribution in [2.24, 2.45) is 0 Å². The predicted octanol–water partition coefficient (Wildman–Crippen LogP) is 3.89. The van der Waals surface area contributed by atoms with Crippen LogP contribution < -0.4 is 10.1 Å². The maximum absolute atomic E-state index is 12.3. The van der Waals surface area contributed by atoms with Crippen molar-refractivity contribution in [1.82, 2.24) is 10.3 Å². The summed E-state index contributed by atoms with van der Waals surface area (Å²) in [7, 11) is 1.59. The zero-order valence-electron chi connectivity index (χ0n) is 11.6. The third kappa shape index (κ3) is 3.65. The molecule has 1 amide bonds. The first-order valence-corrected chi connectivity index (χ1v) is 7.03. The molecule has 1 aromatic carbocycles. The molecular weight excluding hydrogens is 311 g/mol. The molecule has 0 aliphatic carbocycles. The highest BCUT2D eigenvalue weighted by atomic mass is 35.5. The standard InChI is InChI=1S/C15H14Cl2N2O2/c1-9(10-5-3-4-6-13(10)21-2)19-15(20)11-7-14(17)18-8-12(11)16/h3-9H,1-2H3,(H,19,20). The molecule has 1 heterocycles. The highest BCUT2D eigenvalue weighted by Gasteiger charge is 2.17. The molecule has 2 rings (SSSR count). The topological polar surface area (TPSA) is 51.2 Å². The Kier molecular flexibility index (Phi) is 5.04. The summed E-state index contributed by atoms with van der Waals surface area (Å²) in [5.41, 5.74) is 1.17. The number of nitrogens with zero attached hydrogens (tertiary/aromatic N) is 1. The number of aromatic nitrogens is 1. The minimum Gasteiger partial charge on any atom is -0.496 e. The average Bonchev–Trinajstić information content (AvgIpc) is 2.49. The molecule has 1 atom stereocenters. The van der Waals surface area contributed by atoms with Crippen LogP contribution in [0.2, 0.25) is 10.2 Å². The smallest absolute Gasteiger partial charge is 0.253 e. The lowest BCUT2D eigenvalue weighted by molar-refractivity contribution is 0.0939. The molecule has 2 aromatic rings. The lowest BCUT2D eigenvalue weighted by atomic mass is 10.1. The first kappa shape index (κ1) is 15.6. The van der Waals surface area contributed by atoms with Gasteiger partial charge in [0.1, 0.15) is 10.9 Å². The van der Waals surface area contributed by atoms with Crippen LogP contribution in [0.15, 0.2) is 36.5 Å². The Balaban J connectivity index is 2.21. The molecule has 1 aromatic heterocycles. The number of hydrogen-bond donors (Lipinski definition) is 1. The van der Waals surface area contributed by atoms with Crippen LogP contribution >= 0.6 is 23.2 Å². The summed E-state index contributed by atoms with van der Waals surface area (Å²) in [6, 6.07) is 8.69. The average molecular weight is 325 g/mol. The second kappa shape index (κ2) is 6.78. The summed E-state index contributed by atoms with van der Waals surface area (Å²) in [5, 5.41) is 3.34. The Labute approximate surface area is 133 Å². The lowest BCUT2D eigenvalue weighted by Crippen LogP contribution is -2.27. The van der Waals surface area contributed by atoms with Gasteiger partial charge in [-0.25, -0.2) is 4.98 Å². The number of carbonyl (C=O) groups is 1. The van der Waals surface area contributed by atoms with Gasteiger partial charge in [0.25, 0.3) is 5.91 Å². The fourth-order valence-electron chi connectivity index (χ4n) is 1.96. The normalized spacial score (nSPS) is 11.8. The molecule has 1 N–H and O–H groups in total. The van der Waals surface area contributed by atoms with Crippen molar-refractivity contribution in [2.75, 3.05) is 7.11 Å². The van der Waals surface area contributed by atoms with E-state index in [1.165, 1.54) is 12.3 Å². The van der Waals surface area contributed by atoms with Crippen LogP contribution in [0.25, 0.3) is 0 Å². The van der Waals surface area contributed by atoms with Crippen LogP contribution in [0.1, 0.15) is 28.9 Å². The Hall–Kier alpha value is -1.78. The number of pyridine rings is 1. The van der Waals surface area contributed by atoms with Crippen LogP contribution in [0, 0.1) is 0 Å². The number of ether oxygens (including phenoxy) is 1. The maximum Gasteiger partial charge on any atom is 0.253 e. The van der Waals surface area contributed by atoms with Gasteiger partial charge in [0.15, 0.2) is 0 Å². The van der Waals surface area contributed by atoms with Crippen LogP contribution in [0.4, 0.5) is 0 Å². The summed E-state index contributed by atoms with van der Waals surface area (Å²) in [4.78, 5) is 16.1. The number of nitrogens with one attached hydrogen (secondary N) is 1. The van der Waals surface area contributed by atoms with Crippen molar-refractivity contribution < 1.29 is 9.53 Å². The molecule has 21 heavy (non-hydrogen) atoms. The summed E-state index contributed by atoms with van der Waals surface area (Å²) >= 11 is 11.8. The van der Waals surface area contributed by atoms with Gasteiger partial charge in [0.05, 0.1) is 23.7 Å². The van der Waals surface area contributed by atoms with Gasteiger partial charge in [-0.05, 0) is 19.1 Å². The zero-order valence-corrected chi connectivity index (χ0v) is 13.1. The molecule has 0 aliphatic rings. The van der Waals surface area contributed by atoms with Crippen molar-refractivity contribution in [1.29, 1.82) is 0 Å². The molecule has 0 radical (unpaired) electrons. The number of amides is 1. The second-order valence-electron chi connectivity index (χ2n) is 4.42. The van der Waals surface area contributed by atoms with E-state index in [4.69, 9.17) is 27.9 Å². The van der Waals surface area contributed by atoms with Gasteiger partial charge in [-0.2, -0.15) is 0 Å². The highest BCUT2D eigenvalue weighted by Crippen LogP contribution is 2.25. The SMILES string of the molecule is COc1ccccc1C(C)NC(=O)c1cc(Cl)ncc1Cl. The summed E-state index contributed by atoms with van der Waals surface area (Å²) < 4.78 is 5.29. The summed E-state index contributed by atoms with van der Waals surface area (Å²) in [6.07, 6.45) is 1.35. The predicted molar refractivity (Wildman–Crippen MR) is 83.1 cm³/mol. The quantitative estimate of drug-likeness (QED) is 0.868. The first-order chi connectivity index (χ1) is 10.0. The highest BCUT2D eigenvalue weighted by molar-refractivity contribution is 6.35. The Morgan fingerprint density at radius 1 is 1.33 bits per heavy atom. The van der Waals surface area contributed by atoms with Gasteiger partial charge in [0.2, 0.25) is 0 Å². The van der Waals surface area contributed by atoms with E-state index >= 15 is 0 Å². The van der Waals surface area contributed by atoms with Gasteiger partial charge in [-0.15, -0.1) is 0 Å². The number of methoxy groups -OCH3 is 1. The number of hydrogen-bond acceptors (Lipinski definition) is 3.